The van der Waals surface area contributed by atoms with Crippen molar-refractivity contribution < 1.29 is 4.74 Å². The molecule has 1 aromatic rings. The van der Waals surface area contributed by atoms with Crippen LogP contribution in [0.3, 0.4) is 0 Å². The van der Waals surface area contributed by atoms with E-state index >= 15 is 0 Å². The molecule has 1 aliphatic rings. The summed E-state index contributed by atoms with van der Waals surface area (Å²) in [7, 11) is 1.75. The zero-order valence-corrected chi connectivity index (χ0v) is 8.84. The summed E-state index contributed by atoms with van der Waals surface area (Å²) >= 11 is 0. The van der Waals surface area contributed by atoms with Crippen molar-refractivity contribution >= 4 is 0 Å². The molecule has 2 heteroatoms. The maximum absolute atomic E-state index is 5.39. The van der Waals surface area contributed by atoms with Crippen LogP contribution in [0.1, 0.15) is 30.5 Å². The van der Waals surface area contributed by atoms with Gasteiger partial charge >= 0.3 is 0 Å². The van der Waals surface area contributed by atoms with Gasteiger partial charge in [0.15, 0.2) is 0 Å². The highest BCUT2D eigenvalue weighted by Crippen LogP contribution is 2.29. The third kappa shape index (κ3) is 1.62. The van der Waals surface area contributed by atoms with Crippen molar-refractivity contribution in [2.24, 2.45) is 0 Å². The third-order valence-corrected chi connectivity index (χ3v) is 2.91. The van der Waals surface area contributed by atoms with Crippen LogP contribution in [0, 0.1) is 0 Å². The largest absolute Gasteiger partial charge is 0.496 e. The molecule has 0 spiro atoms. The number of benzene rings is 1. The Bertz CT molecular complexity index is 322. The molecule has 1 N–H and O–H groups in total. The quantitative estimate of drug-likeness (QED) is 0.735. The summed E-state index contributed by atoms with van der Waals surface area (Å²) in [5.74, 6) is 1.04. The molecule has 0 radical (unpaired) electrons. The van der Waals surface area contributed by atoms with Gasteiger partial charge in [-0.3, -0.25) is 0 Å². The Labute approximate surface area is 85.3 Å². The first-order valence-electron chi connectivity index (χ1n) is 5.22. The maximum Gasteiger partial charge on any atom is 0.122 e. The van der Waals surface area contributed by atoms with Crippen molar-refractivity contribution in [3.05, 3.63) is 29.3 Å². The summed E-state index contributed by atoms with van der Waals surface area (Å²) in [6, 6.07) is 6.77. The number of methoxy groups -OCH3 is 1. The lowest BCUT2D eigenvalue weighted by molar-refractivity contribution is 0.408. The molecule has 0 bridgehead atoms. The molecule has 1 heterocycles. The zero-order valence-electron chi connectivity index (χ0n) is 8.84. The van der Waals surface area contributed by atoms with Gasteiger partial charge in [0, 0.05) is 6.04 Å². The van der Waals surface area contributed by atoms with E-state index in [1.165, 1.54) is 17.5 Å². The molecule has 14 heavy (non-hydrogen) atoms. The highest BCUT2D eigenvalue weighted by atomic mass is 16.5. The SMILES string of the molecule is COc1cccc2c1CCCN[C@H]2C. The first-order valence-corrected chi connectivity index (χ1v) is 5.22. The fourth-order valence-electron chi connectivity index (χ4n) is 2.14. The van der Waals surface area contributed by atoms with E-state index in [1.54, 1.807) is 7.11 Å². The maximum atomic E-state index is 5.39. The molecule has 76 valence electrons. The molecule has 0 unspecified atom stereocenters. The molecular weight excluding hydrogens is 174 g/mol. The monoisotopic (exact) mass is 191 g/mol. The molecule has 1 aromatic carbocycles. The predicted octanol–water partition coefficient (Wildman–Crippen LogP) is 2.29. The standard InChI is InChI=1S/C12H17NO/c1-9-10-5-3-7-12(14-2)11(10)6-4-8-13-9/h3,5,7,9,13H,4,6,8H2,1-2H3/t9-/m0/s1. The first-order chi connectivity index (χ1) is 6.83. The Kier molecular flexibility index (Phi) is 2.73. The van der Waals surface area contributed by atoms with Crippen molar-refractivity contribution in [3.63, 3.8) is 0 Å². The molecule has 0 saturated heterocycles. The minimum absolute atomic E-state index is 0.447. The summed E-state index contributed by atoms with van der Waals surface area (Å²) in [6.45, 7) is 3.31. The number of ether oxygens (including phenoxy) is 1. The summed E-state index contributed by atoms with van der Waals surface area (Å²) in [6.07, 6.45) is 2.31. The second kappa shape index (κ2) is 4.01. The van der Waals surface area contributed by atoms with Gasteiger partial charge in [0.2, 0.25) is 0 Å². The average molecular weight is 191 g/mol. The van der Waals surface area contributed by atoms with Crippen LogP contribution in [0.15, 0.2) is 18.2 Å². The van der Waals surface area contributed by atoms with E-state index in [0.717, 1.165) is 18.7 Å². The summed E-state index contributed by atoms with van der Waals surface area (Å²) < 4.78 is 5.39. The van der Waals surface area contributed by atoms with Crippen LogP contribution in [-0.2, 0) is 6.42 Å². The lowest BCUT2D eigenvalue weighted by Gasteiger charge is -2.15. The Balaban J connectivity index is 2.46. The van der Waals surface area contributed by atoms with Crippen LogP contribution >= 0.6 is 0 Å². The van der Waals surface area contributed by atoms with Crippen LogP contribution in [0.25, 0.3) is 0 Å². The molecular formula is C12H17NO. The smallest absolute Gasteiger partial charge is 0.122 e. The van der Waals surface area contributed by atoms with Gasteiger partial charge in [-0.05, 0) is 43.5 Å². The van der Waals surface area contributed by atoms with Crippen LogP contribution in [-0.4, -0.2) is 13.7 Å². The Morgan fingerprint density at radius 2 is 2.29 bits per heavy atom. The molecule has 0 amide bonds. The summed E-state index contributed by atoms with van der Waals surface area (Å²) in [5.41, 5.74) is 2.77. The third-order valence-electron chi connectivity index (χ3n) is 2.91. The lowest BCUT2D eigenvalue weighted by atomic mass is 9.99. The Morgan fingerprint density at radius 1 is 1.43 bits per heavy atom. The van der Waals surface area contributed by atoms with Crippen molar-refractivity contribution in [1.29, 1.82) is 0 Å². The Morgan fingerprint density at radius 3 is 3.07 bits per heavy atom. The molecule has 0 fully saturated rings. The van der Waals surface area contributed by atoms with Gasteiger partial charge in [-0.1, -0.05) is 12.1 Å². The molecule has 0 aromatic heterocycles. The fourth-order valence-corrected chi connectivity index (χ4v) is 2.14. The van der Waals surface area contributed by atoms with Gasteiger partial charge in [-0.25, -0.2) is 0 Å². The van der Waals surface area contributed by atoms with E-state index in [4.69, 9.17) is 4.74 Å². The zero-order chi connectivity index (χ0) is 9.97. The Hall–Kier alpha value is -1.02. The van der Waals surface area contributed by atoms with Crippen LogP contribution in [0.5, 0.6) is 5.75 Å². The van der Waals surface area contributed by atoms with E-state index in [1.807, 2.05) is 0 Å². The predicted molar refractivity (Wildman–Crippen MR) is 57.7 cm³/mol. The summed E-state index contributed by atoms with van der Waals surface area (Å²) in [5, 5.41) is 3.50. The average Bonchev–Trinajstić information content (AvgIpc) is 2.41. The topological polar surface area (TPSA) is 21.3 Å². The normalized spacial score (nSPS) is 21.1. The van der Waals surface area contributed by atoms with Gasteiger partial charge in [-0.15, -0.1) is 0 Å². The van der Waals surface area contributed by atoms with E-state index in [9.17, 15) is 0 Å². The molecule has 2 nitrogen and oxygen atoms in total. The van der Waals surface area contributed by atoms with Gasteiger partial charge in [0.1, 0.15) is 5.75 Å². The molecule has 1 aliphatic heterocycles. The van der Waals surface area contributed by atoms with Crippen molar-refractivity contribution in [1.82, 2.24) is 5.32 Å². The fraction of sp³-hybridized carbons (Fsp3) is 0.500. The second-order valence-corrected chi connectivity index (χ2v) is 3.81. The number of rotatable bonds is 1. The molecule has 0 saturated carbocycles. The second-order valence-electron chi connectivity index (χ2n) is 3.81. The number of fused-ring (bicyclic) bond motifs is 1. The molecule has 0 aliphatic carbocycles. The van der Waals surface area contributed by atoms with Crippen molar-refractivity contribution in [2.45, 2.75) is 25.8 Å². The van der Waals surface area contributed by atoms with Crippen molar-refractivity contribution in [2.75, 3.05) is 13.7 Å². The van der Waals surface area contributed by atoms with Gasteiger partial charge in [0.05, 0.1) is 7.11 Å². The molecule has 1 atom stereocenters. The van der Waals surface area contributed by atoms with Gasteiger partial charge in [0.25, 0.3) is 0 Å². The highest BCUT2D eigenvalue weighted by Gasteiger charge is 2.16. The minimum Gasteiger partial charge on any atom is -0.496 e. The van der Waals surface area contributed by atoms with E-state index in [-0.39, 0.29) is 0 Å². The van der Waals surface area contributed by atoms with Crippen molar-refractivity contribution in [3.8, 4) is 5.75 Å². The van der Waals surface area contributed by atoms with Gasteiger partial charge < -0.3 is 10.1 Å². The first kappa shape index (κ1) is 9.53. The van der Waals surface area contributed by atoms with E-state index in [0.29, 0.717) is 6.04 Å². The summed E-state index contributed by atoms with van der Waals surface area (Å²) in [4.78, 5) is 0. The van der Waals surface area contributed by atoms with Gasteiger partial charge in [-0.2, -0.15) is 0 Å². The number of nitrogens with one attached hydrogen (secondary N) is 1. The lowest BCUT2D eigenvalue weighted by Crippen LogP contribution is -2.17. The van der Waals surface area contributed by atoms with Crippen LogP contribution < -0.4 is 10.1 Å². The number of hydrogen-bond donors (Lipinski definition) is 1. The van der Waals surface area contributed by atoms with E-state index < -0.39 is 0 Å². The van der Waals surface area contributed by atoms with Crippen LogP contribution in [0.2, 0.25) is 0 Å². The highest BCUT2D eigenvalue weighted by molar-refractivity contribution is 5.42. The molecule has 2 rings (SSSR count). The minimum atomic E-state index is 0.447. The van der Waals surface area contributed by atoms with Crippen LogP contribution in [0.4, 0.5) is 0 Å². The van der Waals surface area contributed by atoms with E-state index in [2.05, 4.69) is 30.4 Å². The number of hydrogen-bond acceptors (Lipinski definition) is 2.